The number of hydrogen-bond donors (Lipinski definition) is 2. The van der Waals surface area contributed by atoms with Crippen LogP contribution in [0.25, 0.3) is 0 Å². The fraction of sp³-hybridized carbons (Fsp3) is 0.250. The Kier molecular flexibility index (Phi) is 3.09. The molecule has 0 aliphatic heterocycles. The topological polar surface area (TPSA) is 113 Å². The van der Waals surface area contributed by atoms with Crippen molar-refractivity contribution in [3.05, 3.63) is 23.8 Å². The monoisotopic (exact) mass is 192 g/mol. The minimum Gasteiger partial charge on any atom is -0.480 e. The molecule has 6 nitrogen and oxygen atoms in total. The van der Waals surface area contributed by atoms with Crippen LogP contribution in [0.3, 0.4) is 0 Å². The van der Waals surface area contributed by atoms with Gasteiger partial charge in [0.2, 0.25) is 5.82 Å². The van der Waals surface area contributed by atoms with Gasteiger partial charge in [-0.15, -0.1) is 0 Å². The Labute approximate surface area is 80.0 Å². The zero-order chi connectivity index (χ0) is 10.6. The third-order valence-corrected chi connectivity index (χ3v) is 1.58. The maximum atomic E-state index is 10.4. The van der Waals surface area contributed by atoms with Crippen molar-refractivity contribution in [2.24, 2.45) is 5.73 Å². The second-order valence-electron chi connectivity index (χ2n) is 2.68. The van der Waals surface area contributed by atoms with Crippen LogP contribution < -0.4 is 5.73 Å². The van der Waals surface area contributed by atoms with Gasteiger partial charge in [0.25, 0.3) is 0 Å². The quantitative estimate of drug-likeness (QED) is 0.654. The molecule has 0 spiro atoms. The molecule has 72 valence electrons. The molecule has 1 aromatic rings. The van der Waals surface area contributed by atoms with Crippen molar-refractivity contribution in [2.45, 2.75) is 12.5 Å². The summed E-state index contributed by atoms with van der Waals surface area (Å²) in [4.78, 5) is 17.8. The summed E-state index contributed by atoms with van der Waals surface area (Å²) in [5.74, 6) is -1.02. The molecular weight excluding hydrogens is 184 g/mol. The molecule has 1 aromatic heterocycles. The van der Waals surface area contributed by atoms with E-state index >= 15 is 0 Å². The second kappa shape index (κ2) is 4.30. The highest BCUT2D eigenvalue weighted by molar-refractivity contribution is 5.73. The lowest BCUT2D eigenvalue weighted by Gasteiger charge is -2.04. The summed E-state index contributed by atoms with van der Waals surface area (Å²) in [6, 6.07) is 0.794. The number of aliphatic carboxylic acids is 1. The highest BCUT2D eigenvalue weighted by atomic mass is 16.4. The lowest BCUT2D eigenvalue weighted by atomic mass is 10.1. The Balaban J connectivity index is 2.70. The molecule has 3 N–H and O–H groups in total. The summed E-state index contributed by atoms with van der Waals surface area (Å²) in [5, 5.41) is 16.9. The number of nitrogens with two attached hydrogens (primary N) is 1. The highest BCUT2D eigenvalue weighted by Gasteiger charge is 2.12. The first-order chi connectivity index (χ1) is 6.63. The normalized spacial score (nSPS) is 11.7. The molecule has 1 atom stereocenters. The number of nitriles is 1. The molecule has 0 aromatic carbocycles. The van der Waals surface area contributed by atoms with Crippen molar-refractivity contribution < 1.29 is 9.90 Å². The van der Waals surface area contributed by atoms with E-state index < -0.39 is 12.0 Å². The second-order valence-corrected chi connectivity index (χ2v) is 2.68. The number of hydrogen-bond acceptors (Lipinski definition) is 5. The van der Waals surface area contributed by atoms with Crippen molar-refractivity contribution >= 4 is 5.97 Å². The maximum Gasteiger partial charge on any atom is 0.320 e. The van der Waals surface area contributed by atoms with Crippen molar-refractivity contribution in [3.8, 4) is 6.07 Å². The Bertz CT molecular complexity index is 368. The Hall–Kier alpha value is -2.00. The lowest BCUT2D eigenvalue weighted by molar-refractivity contribution is -0.138. The van der Waals surface area contributed by atoms with Crippen LogP contribution in [0.15, 0.2) is 12.4 Å². The van der Waals surface area contributed by atoms with Gasteiger partial charge in [-0.25, -0.2) is 9.97 Å². The van der Waals surface area contributed by atoms with E-state index in [1.165, 1.54) is 12.4 Å². The van der Waals surface area contributed by atoms with Crippen molar-refractivity contribution in [1.82, 2.24) is 9.97 Å². The Morgan fingerprint density at radius 3 is 2.64 bits per heavy atom. The van der Waals surface area contributed by atoms with Crippen molar-refractivity contribution in [3.63, 3.8) is 0 Å². The summed E-state index contributed by atoms with van der Waals surface area (Å²) < 4.78 is 0. The van der Waals surface area contributed by atoms with Crippen LogP contribution >= 0.6 is 0 Å². The van der Waals surface area contributed by atoms with Gasteiger partial charge in [-0.1, -0.05) is 0 Å². The molecule has 0 fully saturated rings. The zero-order valence-electron chi connectivity index (χ0n) is 7.21. The summed E-state index contributed by atoms with van der Waals surface area (Å²) in [7, 11) is 0. The minimum atomic E-state index is -1.07. The number of rotatable bonds is 3. The standard InChI is InChI=1S/C8H8N4O2/c9-2-7-11-3-5(4-12-7)1-6(10)8(13)14/h3-4,6H,1,10H2,(H,13,14). The van der Waals surface area contributed by atoms with Crippen molar-refractivity contribution in [1.29, 1.82) is 5.26 Å². The lowest BCUT2D eigenvalue weighted by Crippen LogP contribution is -2.32. The van der Waals surface area contributed by atoms with Gasteiger partial charge in [-0.3, -0.25) is 4.79 Å². The Morgan fingerprint density at radius 2 is 2.21 bits per heavy atom. The average Bonchev–Trinajstić information content (AvgIpc) is 2.19. The maximum absolute atomic E-state index is 10.4. The van der Waals surface area contributed by atoms with Gasteiger partial charge in [0.1, 0.15) is 12.1 Å². The molecule has 14 heavy (non-hydrogen) atoms. The molecule has 0 aliphatic carbocycles. The first-order valence-corrected chi connectivity index (χ1v) is 3.83. The van der Waals surface area contributed by atoms with E-state index in [0.29, 0.717) is 5.56 Å². The summed E-state index contributed by atoms with van der Waals surface area (Å²) in [6.07, 6.45) is 2.95. The van der Waals surface area contributed by atoms with E-state index in [1.54, 1.807) is 6.07 Å². The van der Waals surface area contributed by atoms with Gasteiger partial charge in [-0.05, 0) is 5.56 Å². The van der Waals surface area contributed by atoms with Crippen LogP contribution in [-0.2, 0) is 11.2 Å². The minimum absolute atomic E-state index is 0.0534. The van der Waals surface area contributed by atoms with Crippen LogP contribution in [-0.4, -0.2) is 27.1 Å². The van der Waals surface area contributed by atoms with Gasteiger partial charge in [0.15, 0.2) is 0 Å². The van der Waals surface area contributed by atoms with E-state index in [9.17, 15) is 4.79 Å². The third-order valence-electron chi connectivity index (χ3n) is 1.58. The molecule has 0 saturated heterocycles. The number of carbonyl (C=O) groups is 1. The highest BCUT2D eigenvalue weighted by Crippen LogP contribution is 1.99. The van der Waals surface area contributed by atoms with E-state index in [2.05, 4.69) is 9.97 Å². The number of nitrogens with zero attached hydrogens (tertiary/aromatic N) is 3. The molecule has 6 heteroatoms. The fourth-order valence-electron chi connectivity index (χ4n) is 0.859. The molecule has 1 rings (SSSR count). The predicted molar refractivity (Wildman–Crippen MR) is 46.1 cm³/mol. The molecule has 0 amide bonds. The molecule has 1 unspecified atom stereocenters. The van der Waals surface area contributed by atoms with E-state index in [4.69, 9.17) is 16.1 Å². The molecule has 0 radical (unpaired) electrons. The van der Waals surface area contributed by atoms with Gasteiger partial charge in [0.05, 0.1) is 0 Å². The van der Waals surface area contributed by atoms with Gasteiger partial charge in [0, 0.05) is 18.8 Å². The summed E-state index contributed by atoms with van der Waals surface area (Å²) in [6.45, 7) is 0. The average molecular weight is 192 g/mol. The van der Waals surface area contributed by atoms with Gasteiger partial charge < -0.3 is 10.8 Å². The third kappa shape index (κ3) is 2.50. The Morgan fingerprint density at radius 1 is 1.64 bits per heavy atom. The largest absolute Gasteiger partial charge is 0.480 e. The SMILES string of the molecule is N#Cc1ncc(CC(N)C(=O)O)cn1. The fourth-order valence-corrected chi connectivity index (χ4v) is 0.859. The van der Waals surface area contributed by atoms with Crippen LogP contribution in [0.4, 0.5) is 0 Å². The van der Waals surface area contributed by atoms with Crippen LogP contribution in [0, 0.1) is 11.3 Å². The van der Waals surface area contributed by atoms with E-state index in [1.807, 2.05) is 0 Å². The predicted octanol–water partition coefficient (Wildman–Crippen LogP) is -0.697. The van der Waals surface area contributed by atoms with E-state index in [0.717, 1.165) is 0 Å². The van der Waals surface area contributed by atoms with Gasteiger partial charge in [-0.2, -0.15) is 5.26 Å². The molecule has 0 bridgehead atoms. The number of carboxylic acids is 1. The first-order valence-electron chi connectivity index (χ1n) is 3.83. The number of carboxylic acid groups (broad SMARTS) is 1. The molecule has 1 heterocycles. The van der Waals surface area contributed by atoms with Crippen LogP contribution in [0.2, 0.25) is 0 Å². The van der Waals surface area contributed by atoms with Gasteiger partial charge >= 0.3 is 5.97 Å². The van der Waals surface area contributed by atoms with Crippen LogP contribution in [0.1, 0.15) is 11.4 Å². The van der Waals surface area contributed by atoms with Crippen molar-refractivity contribution in [2.75, 3.05) is 0 Å². The number of aromatic nitrogens is 2. The summed E-state index contributed by atoms with van der Waals surface area (Å²) in [5.41, 5.74) is 5.90. The molecule has 0 aliphatic rings. The zero-order valence-corrected chi connectivity index (χ0v) is 7.21. The summed E-state index contributed by atoms with van der Waals surface area (Å²) >= 11 is 0. The molecular formula is C8H8N4O2. The molecule has 0 saturated carbocycles. The van der Waals surface area contributed by atoms with E-state index in [-0.39, 0.29) is 12.2 Å². The smallest absolute Gasteiger partial charge is 0.320 e. The first kappa shape index (κ1) is 10.1. The van der Waals surface area contributed by atoms with Crippen LogP contribution in [0.5, 0.6) is 0 Å².